The lowest BCUT2D eigenvalue weighted by Crippen LogP contribution is -1.99. The fourth-order valence-electron chi connectivity index (χ4n) is 1.12. The van der Waals surface area contributed by atoms with E-state index in [1.165, 1.54) is 17.8 Å². The molecule has 0 aromatic heterocycles. The Labute approximate surface area is 95.0 Å². The molecule has 0 N–H and O–H groups in total. The van der Waals surface area contributed by atoms with Crippen molar-refractivity contribution in [1.82, 2.24) is 0 Å². The van der Waals surface area contributed by atoms with Gasteiger partial charge >= 0.3 is 0 Å². The van der Waals surface area contributed by atoms with Crippen molar-refractivity contribution >= 4 is 11.8 Å². The molecule has 3 heteroatoms. The third-order valence-corrected chi connectivity index (χ3v) is 2.98. The van der Waals surface area contributed by atoms with Gasteiger partial charge in [0.15, 0.2) is 0 Å². The second kappa shape index (κ2) is 7.71. The van der Waals surface area contributed by atoms with E-state index in [0.29, 0.717) is 11.5 Å². The molecule has 0 fully saturated rings. The molecule has 1 aromatic rings. The molecule has 1 rings (SSSR count). The van der Waals surface area contributed by atoms with Crippen molar-refractivity contribution < 1.29 is 9.13 Å². The Kier molecular flexibility index (Phi) is 6.44. The average Bonchev–Trinajstić information content (AvgIpc) is 2.25. The molecule has 15 heavy (non-hydrogen) atoms. The summed E-state index contributed by atoms with van der Waals surface area (Å²) in [6.45, 7) is 3.64. The van der Waals surface area contributed by atoms with Crippen molar-refractivity contribution in [3.63, 3.8) is 0 Å². The standard InChI is InChI=1S/C12H17FOS/c1-2-3-8-14-9-10-15-12-7-5-4-6-11(12)13/h4-7H,2-3,8-10H2,1H3. The van der Waals surface area contributed by atoms with Crippen molar-refractivity contribution in [1.29, 1.82) is 0 Å². The quantitative estimate of drug-likeness (QED) is 0.519. The largest absolute Gasteiger partial charge is 0.381 e. The summed E-state index contributed by atoms with van der Waals surface area (Å²) < 4.78 is 18.6. The lowest BCUT2D eigenvalue weighted by Gasteiger charge is -2.04. The fraction of sp³-hybridized carbons (Fsp3) is 0.500. The number of hydrogen-bond acceptors (Lipinski definition) is 2. The van der Waals surface area contributed by atoms with Gasteiger partial charge in [0.25, 0.3) is 0 Å². The summed E-state index contributed by atoms with van der Waals surface area (Å²) in [6, 6.07) is 6.84. The molecule has 0 aliphatic heterocycles. The summed E-state index contributed by atoms with van der Waals surface area (Å²) in [6.07, 6.45) is 2.25. The summed E-state index contributed by atoms with van der Waals surface area (Å²) in [4.78, 5) is 0.705. The minimum Gasteiger partial charge on any atom is -0.381 e. The summed E-state index contributed by atoms with van der Waals surface area (Å²) in [7, 11) is 0. The van der Waals surface area contributed by atoms with Crippen LogP contribution in [0.2, 0.25) is 0 Å². The van der Waals surface area contributed by atoms with Crippen LogP contribution < -0.4 is 0 Å². The number of ether oxygens (including phenoxy) is 1. The lowest BCUT2D eigenvalue weighted by atomic mass is 10.3. The predicted octanol–water partition coefficient (Wildman–Crippen LogP) is 3.73. The Balaban J connectivity index is 2.12. The Morgan fingerprint density at radius 1 is 1.27 bits per heavy atom. The maximum atomic E-state index is 13.2. The first kappa shape index (κ1) is 12.5. The van der Waals surface area contributed by atoms with E-state index in [-0.39, 0.29) is 5.82 Å². The molecule has 0 unspecified atom stereocenters. The highest BCUT2D eigenvalue weighted by molar-refractivity contribution is 7.99. The Hall–Kier alpha value is -0.540. The highest BCUT2D eigenvalue weighted by Gasteiger charge is 2.00. The Bertz CT molecular complexity index is 278. The number of unbranched alkanes of at least 4 members (excludes halogenated alkanes) is 1. The molecular weight excluding hydrogens is 211 g/mol. The van der Waals surface area contributed by atoms with E-state index < -0.39 is 0 Å². The molecule has 1 nitrogen and oxygen atoms in total. The van der Waals surface area contributed by atoms with Gasteiger partial charge in [-0.25, -0.2) is 4.39 Å². The molecule has 0 spiro atoms. The summed E-state index contributed by atoms with van der Waals surface area (Å²) in [5.41, 5.74) is 0. The molecule has 0 saturated heterocycles. The number of rotatable bonds is 7. The second-order valence-electron chi connectivity index (χ2n) is 3.24. The molecule has 1 aromatic carbocycles. The maximum Gasteiger partial charge on any atom is 0.136 e. The van der Waals surface area contributed by atoms with Gasteiger partial charge < -0.3 is 4.74 Å². The third-order valence-electron chi connectivity index (χ3n) is 1.96. The highest BCUT2D eigenvalue weighted by Crippen LogP contribution is 2.20. The van der Waals surface area contributed by atoms with E-state index in [2.05, 4.69) is 6.92 Å². The Morgan fingerprint density at radius 3 is 2.80 bits per heavy atom. The highest BCUT2D eigenvalue weighted by atomic mass is 32.2. The van der Waals surface area contributed by atoms with E-state index in [9.17, 15) is 4.39 Å². The monoisotopic (exact) mass is 228 g/mol. The SMILES string of the molecule is CCCCOCCSc1ccccc1F. The van der Waals surface area contributed by atoms with Crippen LogP contribution in [-0.2, 0) is 4.74 Å². The van der Waals surface area contributed by atoms with Gasteiger partial charge in [-0.15, -0.1) is 11.8 Å². The lowest BCUT2D eigenvalue weighted by molar-refractivity contribution is 0.147. The van der Waals surface area contributed by atoms with Crippen LogP contribution in [0.3, 0.4) is 0 Å². The van der Waals surface area contributed by atoms with Gasteiger partial charge in [-0.2, -0.15) is 0 Å². The number of benzene rings is 1. The smallest absolute Gasteiger partial charge is 0.136 e. The van der Waals surface area contributed by atoms with Crippen molar-refractivity contribution in [2.45, 2.75) is 24.7 Å². The zero-order valence-electron chi connectivity index (χ0n) is 9.04. The van der Waals surface area contributed by atoms with Crippen molar-refractivity contribution in [3.05, 3.63) is 30.1 Å². The first-order valence-corrected chi connectivity index (χ1v) is 6.28. The Morgan fingerprint density at radius 2 is 2.07 bits per heavy atom. The van der Waals surface area contributed by atoms with Gasteiger partial charge in [-0.3, -0.25) is 0 Å². The van der Waals surface area contributed by atoms with Gasteiger partial charge in [0.2, 0.25) is 0 Å². The van der Waals surface area contributed by atoms with Crippen molar-refractivity contribution in [2.75, 3.05) is 19.0 Å². The van der Waals surface area contributed by atoms with Crippen LogP contribution in [0.1, 0.15) is 19.8 Å². The zero-order chi connectivity index (χ0) is 10.9. The predicted molar refractivity (Wildman–Crippen MR) is 62.9 cm³/mol. The molecule has 0 saturated carbocycles. The molecule has 0 heterocycles. The van der Waals surface area contributed by atoms with Crippen LogP contribution >= 0.6 is 11.8 Å². The van der Waals surface area contributed by atoms with Crippen molar-refractivity contribution in [3.8, 4) is 0 Å². The van der Waals surface area contributed by atoms with E-state index in [0.717, 1.165) is 25.2 Å². The second-order valence-corrected chi connectivity index (χ2v) is 4.38. The van der Waals surface area contributed by atoms with E-state index in [4.69, 9.17) is 4.74 Å². The van der Waals surface area contributed by atoms with Gasteiger partial charge in [0.05, 0.1) is 6.61 Å². The summed E-state index contributed by atoms with van der Waals surface area (Å²) >= 11 is 1.51. The topological polar surface area (TPSA) is 9.23 Å². The molecule has 0 aliphatic carbocycles. The molecular formula is C12H17FOS. The molecule has 0 aliphatic rings. The van der Waals surface area contributed by atoms with E-state index in [1.54, 1.807) is 12.1 Å². The van der Waals surface area contributed by atoms with Crippen LogP contribution in [0.25, 0.3) is 0 Å². The summed E-state index contributed by atoms with van der Waals surface area (Å²) in [5.74, 6) is 0.668. The fourth-order valence-corrected chi connectivity index (χ4v) is 1.92. The van der Waals surface area contributed by atoms with E-state index in [1.807, 2.05) is 6.07 Å². The van der Waals surface area contributed by atoms with Crippen LogP contribution in [-0.4, -0.2) is 19.0 Å². The zero-order valence-corrected chi connectivity index (χ0v) is 9.86. The minimum absolute atomic E-state index is 0.143. The summed E-state index contributed by atoms with van der Waals surface area (Å²) in [5, 5.41) is 0. The average molecular weight is 228 g/mol. The molecule has 84 valence electrons. The molecule has 0 amide bonds. The first-order chi connectivity index (χ1) is 7.34. The number of halogens is 1. The van der Waals surface area contributed by atoms with E-state index >= 15 is 0 Å². The number of thioether (sulfide) groups is 1. The normalized spacial score (nSPS) is 10.5. The number of hydrogen-bond donors (Lipinski definition) is 0. The first-order valence-electron chi connectivity index (χ1n) is 5.29. The van der Waals surface area contributed by atoms with Crippen LogP contribution in [0, 0.1) is 5.82 Å². The molecule has 0 atom stereocenters. The minimum atomic E-state index is -0.143. The van der Waals surface area contributed by atoms with Gasteiger partial charge in [-0.05, 0) is 18.6 Å². The van der Waals surface area contributed by atoms with Gasteiger partial charge in [0.1, 0.15) is 5.82 Å². The maximum absolute atomic E-state index is 13.2. The van der Waals surface area contributed by atoms with Crippen LogP contribution in [0.5, 0.6) is 0 Å². The molecule has 0 radical (unpaired) electrons. The van der Waals surface area contributed by atoms with Gasteiger partial charge in [-0.1, -0.05) is 25.5 Å². The van der Waals surface area contributed by atoms with Crippen LogP contribution in [0.4, 0.5) is 4.39 Å². The van der Waals surface area contributed by atoms with Gasteiger partial charge in [0, 0.05) is 17.3 Å². The van der Waals surface area contributed by atoms with Crippen molar-refractivity contribution in [2.24, 2.45) is 0 Å². The molecule has 0 bridgehead atoms. The third kappa shape index (κ3) is 5.19. The van der Waals surface area contributed by atoms with Crippen LogP contribution in [0.15, 0.2) is 29.2 Å².